The van der Waals surface area contributed by atoms with Gasteiger partial charge in [-0.1, -0.05) is 30.3 Å². The maximum Gasteiger partial charge on any atom is 0.317 e. The molecule has 5 nitrogen and oxygen atoms in total. The summed E-state index contributed by atoms with van der Waals surface area (Å²) in [6, 6.07) is 14.0. The quantitative estimate of drug-likeness (QED) is 0.670. The van der Waals surface area contributed by atoms with Gasteiger partial charge in [0, 0.05) is 29.3 Å². The number of urea groups is 1. The van der Waals surface area contributed by atoms with Gasteiger partial charge in [0.05, 0.1) is 6.54 Å². The third kappa shape index (κ3) is 6.97. The predicted octanol–water partition coefficient (Wildman–Crippen LogP) is 3.68. The monoisotopic (exact) mass is 360 g/mol. The predicted molar refractivity (Wildman–Crippen MR) is 99.9 cm³/mol. The fourth-order valence-corrected chi connectivity index (χ4v) is 3.37. The van der Waals surface area contributed by atoms with E-state index in [1.165, 1.54) is 10.4 Å². The zero-order valence-electron chi connectivity index (χ0n) is 14.4. The molecule has 0 saturated carbocycles. The molecular weight excluding hydrogens is 336 g/mol. The van der Waals surface area contributed by atoms with Crippen molar-refractivity contribution in [2.24, 2.45) is 0 Å². The molecule has 0 aliphatic carbocycles. The number of benzene rings is 1. The first-order valence-electron chi connectivity index (χ1n) is 8.38. The number of amides is 2. The number of carbonyl (C=O) groups is 2. The standard InChI is InChI=1S/C19H24N2O3S/c1-15-9-10-17(25-15)14-21(13-11-16-6-3-2-4-7-16)19(24)20-12-5-8-18(22)23/h2-4,6-7,9-10H,5,8,11-14H2,1H3,(H,20,24)(H,22,23). The van der Waals surface area contributed by atoms with E-state index in [1.54, 1.807) is 16.2 Å². The van der Waals surface area contributed by atoms with E-state index in [2.05, 4.69) is 30.4 Å². The van der Waals surface area contributed by atoms with E-state index in [0.717, 1.165) is 11.3 Å². The molecule has 0 atom stereocenters. The van der Waals surface area contributed by atoms with Crippen molar-refractivity contribution in [3.05, 3.63) is 57.8 Å². The Morgan fingerprint density at radius 2 is 1.92 bits per heavy atom. The lowest BCUT2D eigenvalue weighted by Gasteiger charge is -2.22. The molecule has 25 heavy (non-hydrogen) atoms. The van der Waals surface area contributed by atoms with Crippen LogP contribution in [-0.2, 0) is 17.8 Å². The second-order valence-corrected chi connectivity index (χ2v) is 7.27. The Balaban J connectivity index is 1.92. The number of carboxylic acids is 1. The minimum atomic E-state index is -0.843. The molecule has 2 aromatic rings. The fraction of sp³-hybridized carbons (Fsp3) is 0.368. The zero-order valence-corrected chi connectivity index (χ0v) is 15.2. The van der Waals surface area contributed by atoms with Crippen LogP contribution >= 0.6 is 11.3 Å². The molecule has 0 bridgehead atoms. The van der Waals surface area contributed by atoms with Crippen LogP contribution in [0.15, 0.2) is 42.5 Å². The van der Waals surface area contributed by atoms with Gasteiger partial charge in [-0.15, -0.1) is 11.3 Å². The van der Waals surface area contributed by atoms with E-state index in [4.69, 9.17) is 5.11 Å². The van der Waals surface area contributed by atoms with Gasteiger partial charge in [0.15, 0.2) is 0 Å². The van der Waals surface area contributed by atoms with Crippen molar-refractivity contribution in [3.63, 3.8) is 0 Å². The van der Waals surface area contributed by atoms with E-state index in [9.17, 15) is 9.59 Å². The summed E-state index contributed by atoms with van der Waals surface area (Å²) in [5.41, 5.74) is 1.19. The number of hydrogen-bond acceptors (Lipinski definition) is 3. The van der Waals surface area contributed by atoms with Crippen LogP contribution in [0.25, 0.3) is 0 Å². The normalized spacial score (nSPS) is 10.4. The third-order valence-electron chi connectivity index (χ3n) is 3.79. The molecule has 2 N–H and O–H groups in total. The van der Waals surface area contributed by atoms with Crippen molar-refractivity contribution in [1.29, 1.82) is 0 Å². The number of carbonyl (C=O) groups excluding carboxylic acids is 1. The topological polar surface area (TPSA) is 69.6 Å². The second kappa shape index (κ2) is 9.84. The number of nitrogens with zero attached hydrogens (tertiary/aromatic N) is 1. The van der Waals surface area contributed by atoms with Crippen molar-refractivity contribution >= 4 is 23.3 Å². The smallest absolute Gasteiger partial charge is 0.317 e. The van der Waals surface area contributed by atoms with Gasteiger partial charge in [-0.25, -0.2) is 4.79 Å². The van der Waals surface area contributed by atoms with Gasteiger partial charge < -0.3 is 15.3 Å². The van der Waals surface area contributed by atoms with Gasteiger partial charge in [0.1, 0.15) is 0 Å². The number of carboxylic acid groups (broad SMARTS) is 1. The maximum absolute atomic E-state index is 12.5. The van der Waals surface area contributed by atoms with Gasteiger partial charge in [-0.05, 0) is 37.5 Å². The first kappa shape index (κ1) is 19.0. The molecule has 1 aromatic heterocycles. The Bertz CT molecular complexity index is 685. The van der Waals surface area contributed by atoms with Gasteiger partial charge in [-0.3, -0.25) is 4.79 Å². The molecule has 0 radical (unpaired) electrons. The van der Waals surface area contributed by atoms with Crippen LogP contribution in [0.5, 0.6) is 0 Å². The van der Waals surface area contributed by atoms with Crippen LogP contribution in [0.2, 0.25) is 0 Å². The number of aryl methyl sites for hydroxylation is 1. The Labute approximate surface area is 152 Å². The summed E-state index contributed by atoms with van der Waals surface area (Å²) in [5.74, 6) is -0.843. The molecule has 2 amide bonds. The zero-order chi connectivity index (χ0) is 18.1. The highest BCUT2D eigenvalue weighted by atomic mass is 32.1. The molecule has 1 aromatic carbocycles. The van der Waals surface area contributed by atoms with Crippen LogP contribution in [0, 0.1) is 6.92 Å². The minimum absolute atomic E-state index is 0.0639. The lowest BCUT2D eigenvalue weighted by molar-refractivity contribution is -0.137. The lowest BCUT2D eigenvalue weighted by Crippen LogP contribution is -2.41. The molecule has 0 aliphatic heterocycles. The van der Waals surface area contributed by atoms with Crippen molar-refractivity contribution in [2.45, 2.75) is 32.7 Å². The summed E-state index contributed by atoms with van der Waals surface area (Å²) >= 11 is 1.69. The third-order valence-corrected chi connectivity index (χ3v) is 4.77. The van der Waals surface area contributed by atoms with Crippen LogP contribution in [0.1, 0.15) is 28.2 Å². The summed E-state index contributed by atoms with van der Waals surface area (Å²) in [5, 5.41) is 11.5. The van der Waals surface area contributed by atoms with Gasteiger partial charge >= 0.3 is 12.0 Å². The molecule has 2 rings (SSSR count). The Morgan fingerprint density at radius 1 is 1.16 bits per heavy atom. The summed E-state index contributed by atoms with van der Waals surface area (Å²) in [6.45, 7) is 3.60. The highest BCUT2D eigenvalue weighted by Gasteiger charge is 2.14. The molecule has 6 heteroatoms. The van der Waals surface area contributed by atoms with E-state index in [0.29, 0.717) is 26.1 Å². The van der Waals surface area contributed by atoms with Crippen molar-refractivity contribution < 1.29 is 14.7 Å². The summed E-state index contributed by atoms with van der Waals surface area (Å²) in [6.07, 6.45) is 1.29. The van der Waals surface area contributed by atoms with Crippen LogP contribution < -0.4 is 5.32 Å². The van der Waals surface area contributed by atoms with E-state index < -0.39 is 5.97 Å². The number of hydrogen-bond donors (Lipinski definition) is 2. The first-order valence-corrected chi connectivity index (χ1v) is 9.20. The highest BCUT2D eigenvalue weighted by Crippen LogP contribution is 2.17. The minimum Gasteiger partial charge on any atom is -0.481 e. The van der Waals surface area contributed by atoms with Gasteiger partial charge in [-0.2, -0.15) is 0 Å². The molecule has 0 unspecified atom stereocenters. The van der Waals surface area contributed by atoms with Crippen LogP contribution in [0.3, 0.4) is 0 Å². The van der Waals surface area contributed by atoms with Crippen LogP contribution in [-0.4, -0.2) is 35.1 Å². The molecule has 0 fully saturated rings. The first-order chi connectivity index (χ1) is 12.0. The fourth-order valence-electron chi connectivity index (χ4n) is 2.47. The molecule has 1 heterocycles. The number of rotatable bonds is 9. The molecular formula is C19H24N2O3S. The van der Waals surface area contributed by atoms with Gasteiger partial charge in [0.25, 0.3) is 0 Å². The maximum atomic E-state index is 12.5. The largest absolute Gasteiger partial charge is 0.481 e. The second-order valence-electron chi connectivity index (χ2n) is 5.90. The number of thiophene rings is 1. The molecule has 0 saturated heterocycles. The van der Waals surface area contributed by atoms with Crippen molar-refractivity contribution in [2.75, 3.05) is 13.1 Å². The average Bonchev–Trinajstić information content (AvgIpc) is 3.01. The SMILES string of the molecule is Cc1ccc(CN(CCc2ccccc2)C(=O)NCCCC(=O)O)s1. The van der Waals surface area contributed by atoms with Crippen LogP contribution in [0.4, 0.5) is 4.79 Å². The number of nitrogens with one attached hydrogen (secondary N) is 1. The van der Waals surface area contributed by atoms with E-state index >= 15 is 0 Å². The molecule has 0 aliphatic rings. The summed E-state index contributed by atoms with van der Waals surface area (Å²) in [4.78, 5) is 27.2. The summed E-state index contributed by atoms with van der Waals surface area (Å²) in [7, 11) is 0. The highest BCUT2D eigenvalue weighted by molar-refractivity contribution is 7.11. The van der Waals surface area contributed by atoms with E-state index in [-0.39, 0.29) is 12.5 Å². The van der Waals surface area contributed by atoms with Gasteiger partial charge in [0.2, 0.25) is 0 Å². The Morgan fingerprint density at radius 3 is 2.56 bits per heavy atom. The van der Waals surface area contributed by atoms with Crippen molar-refractivity contribution in [1.82, 2.24) is 10.2 Å². The Hall–Kier alpha value is -2.34. The Kier molecular flexibility index (Phi) is 7.47. The molecule has 134 valence electrons. The summed E-state index contributed by atoms with van der Waals surface area (Å²) < 4.78 is 0. The molecule has 0 spiro atoms. The van der Waals surface area contributed by atoms with Crippen molar-refractivity contribution in [3.8, 4) is 0 Å². The average molecular weight is 360 g/mol. The van der Waals surface area contributed by atoms with E-state index in [1.807, 2.05) is 24.3 Å². The lowest BCUT2D eigenvalue weighted by atomic mass is 10.1. The number of aliphatic carboxylic acids is 1.